The number of aromatic nitrogens is 1. The second-order valence-electron chi connectivity index (χ2n) is 2.86. The molecule has 0 unspecified atom stereocenters. The molecule has 0 radical (unpaired) electrons. The molecule has 0 saturated heterocycles. The zero-order valence-corrected chi connectivity index (χ0v) is 7.47. The van der Waals surface area contributed by atoms with Crippen molar-refractivity contribution in [3.63, 3.8) is 0 Å². The van der Waals surface area contributed by atoms with Crippen LogP contribution < -0.4 is 0 Å². The number of pyridine rings is 1. The van der Waals surface area contributed by atoms with E-state index in [0.717, 1.165) is 5.69 Å². The summed E-state index contributed by atoms with van der Waals surface area (Å²) in [6.07, 6.45) is 5.77. The van der Waals surface area contributed by atoms with E-state index in [4.69, 9.17) is 0 Å². The molecule has 0 amide bonds. The quantitative estimate of drug-likeness (QED) is 0.621. The van der Waals surface area contributed by atoms with E-state index < -0.39 is 0 Å². The summed E-state index contributed by atoms with van der Waals surface area (Å²) in [4.78, 5) is 18.9. The molecule has 1 aromatic heterocycles. The predicted molar refractivity (Wildman–Crippen MR) is 53.7 cm³/mol. The second-order valence-corrected chi connectivity index (χ2v) is 2.86. The van der Waals surface area contributed by atoms with Crippen molar-refractivity contribution in [3.05, 3.63) is 47.9 Å². The normalized spacial score (nSPS) is 14.9. The molecule has 0 atom stereocenters. The third-order valence-electron chi connectivity index (χ3n) is 1.95. The number of nitrogens with zero attached hydrogens (tertiary/aromatic N) is 2. The molecule has 0 N–H and O–H groups in total. The molecule has 0 saturated carbocycles. The molecule has 0 bridgehead atoms. The van der Waals surface area contributed by atoms with Gasteiger partial charge in [0.1, 0.15) is 11.7 Å². The molecule has 3 nitrogen and oxygen atoms in total. The number of hydrogen-bond acceptors (Lipinski definition) is 3. The Balaban J connectivity index is 2.48. The van der Waals surface area contributed by atoms with Gasteiger partial charge >= 0.3 is 0 Å². The van der Waals surface area contributed by atoms with Crippen LogP contribution in [0.15, 0.2) is 47.2 Å². The Hall–Kier alpha value is -1.99. The van der Waals surface area contributed by atoms with Gasteiger partial charge in [0.15, 0.2) is 0 Å². The van der Waals surface area contributed by atoms with Gasteiger partial charge < -0.3 is 0 Å². The maximum Gasteiger partial charge on any atom is 0.130 e. The Morgan fingerprint density at radius 3 is 3.00 bits per heavy atom. The van der Waals surface area contributed by atoms with E-state index in [0.29, 0.717) is 17.7 Å². The van der Waals surface area contributed by atoms with Gasteiger partial charge in [-0.2, -0.15) is 0 Å². The molecular formula is C11H8N2O. The van der Waals surface area contributed by atoms with Crippen molar-refractivity contribution in [2.45, 2.75) is 6.42 Å². The first-order valence-electron chi connectivity index (χ1n) is 4.30. The van der Waals surface area contributed by atoms with Crippen molar-refractivity contribution in [3.8, 4) is 0 Å². The topological polar surface area (TPSA) is 42.3 Å². The SMILES string of the molecule is O=C=C1CC=CN=C1c1ccccn1. The monoisotopic (exact) mass is 184 g/mol. The Bertz CT molecular complexity index is 440. The zero-order chi connectivity index (χ0) is 9.80. The van der Waals surface area contributed by atoms with Gasteiger partial charge in [-0.1, -0.05) is 12.1 Å². The summed E-state index contributed by atoms with van der Waals surface area (Å²) >= 11 is 0. The first-order valence-corrected chi connectivity index (χ1v) is 4.30. The first kappa shape index (κ1) is 8.60. The lowest BCUT2D eigenvalue weighted by molar-refractivity contribution is 0.567. The Kier molecular flexibility index (Phi) is 2.34. The highest BCUT2D eigenvalue weighted by molar-refractivity contribution is 6.16. The van der Waals surface area contributed by atoms with E-state index in [1.807, 2.05) is 30.2 Å². The summed E-state index contributed by atoms with van der Waals surface area (Å²) in [5, 5.41) is 0. The third kappa shape index (κ3) is 1.53. The molecule has 2 heterocycles. The molecular weight excluding hydrogens is 176 g/mol. The van der Waals surface area contributed by atoms with Crippen molar-refractivity contribution in [2.75, 3.05) is 0 Å². The standard InChI is InChI=1S/C11H8N2O/c14-8-9-4-3-7-13-11(9)10-5-1-2-6-12-10/h1-3,5-7H,4H2. The van der Waals surface area contributed by atoms with Crippen LogP contribution in [0.25, 0.3) is 0 Å². The van der Waals surface area contributed by atoms with E-state index in [9.17, 15) is 4.79 Å². The Morgan fingerprint density at radius 1 is 1.36 bits per heavy atom. The van der Waals surface area contributed by atoms with E-state index in [-0.39, 0.29) is 0 Å². The van der Waals surface area contributed by atoms with Crippen LogP contribution in [0.4, 0.5) is 0 Å². The van der Waals surface area contributed by atoms with Crippen LogP contribution in [0, 0.1) is 0 Å². The molecule has 0 aromatic carbocycles. The van der Waals surface area contributed by atoms with Crippen molar-refractivity contribution in [1.29, 1.82) is 0 Å². The number of rotatable bonds is 1. The molecule has 0 aliphatic carbocycles. The minimum atomic E-state index is 0.561. The van der Waals surface area contributed by atoms with Gasteiger partial charge in [-0.25, -0.2) is 4.79 Å². The summed E-state index contributed by atoms with van der Waals surface area (Å²) < 4.78 is 0. The van der Waals surface area contributed by atoms with Crippen LogP contribution in [-0.4, -0.2) is 16.6 Å². The van der Waals surface area contributed by atoms with E-state index in [2.05, 4.69) is 9.98 Å². The van der Waals surface area contributed by atoms with Gasteiger partial charge in [-0.05, 0) is 12.1 Å². The van der Waals surface area contributed by atoms with Crippen LogP contribution in [-0.2, 0) is 4.79 Å². The van der Waals surface area contributed by atoms with E-state index >= 15 is 0 Å². The molecule has 2 rings (SSSR count). The number of allylic oxidation sites excluding steroid dienone is 2. The number of hydrogen-bond donors (Lipinski definition) is 0. The van der Waals surface area contributed by atoms with Crippen molar-refractivity contribution in [2.24, 2.45) is 4.99 Å². The van der Waals surface area contributed by atoms with Crippen LogP contribution in [0.1, 0.15) is 12.1 Å². The van der Waals surface area contributed by atoms with Gasteiger partial charge in [0.05, 0.1) is 11.3 Å². The molecule has 1 aromatic rings. The smallest absolute Gasteiger partial charge is 0.130 e. The molecule has 14 heavy (non-hydrogen) atoms. The fourth-order valence-corrected chi connectivity index (χ4v) is 1.29. The fraction of sp³-hybridized carbons (Fsp3) is 0.0909. The summed E-state index contributed by atoms with van der Waals surface area (Å²) in [5.74, 6) is 1.90. The lowest BCUT2D eigenvalue weighted by Crippen LogP contribution is -2.09. The van der Waals surface area contributed by atoms with Gasteiger partial charge in [0.25, 0.3) is 0 Å². The second kappa shape index (κ2) is 3.81. The summed E-state index contributed by atoms with van der Waals surface area (Å²) in [6.45, 7) is 0. The largest absolute Gasteiger partial charge is 0.255 e. The minimum absolute atomic E-state index is 0.561. The highest BCUT2D eigenvalue weighted by Gasteiger charge is 2.12. The van der Waals surface area contributed by atoms with Crippen LogP contribution in [0.5, 0.6) is 0 Å². The fourth-order valence-electron chi connectivity index (χ4n) is 1.29. The Labute approximate surface area is 81.5 Å². The highest BCUT2D eigenvalue weighted by atomic mass is 16.1. The summed E-state index contributed by atoms with van der Waals surface area (Å²) in [7, 11) is 0. The number of carbonyl (C=O) groups excluding carboxylic acids is 1. The van der Waals surface area contributed by atoms with Gasteiger partial charge in [-0.15, -0.1) is 0 Å². The van der Waals surface area contributed by atoms with Crippen LogP contribution in [0.3, 0.4) is 0 Å². The van der Waals surface area contributed by atoms with Crippen LogP contribution in [0.2, 0.25) is 0 Å². The highest BCUT2D eigenvalue weighted by Crippen LogP contribution is 2.13. The lowest BCUT2D eigenvalue weighted by atomic mass is 10.0. The Morgan fingerprint density at radius 2 is 2.29 bits per heavy atom. The predicted octanol–water partition coefficient (Wildman–Crippen LogP) is 1.55. The lowest BCUT2D eigenvalue weighted by Gasteiger charge is -2.07. The molecule has 3 heteroatoms. The van der Waals surface area contributed by atoms with Gasteiger partial charge in [-0.3, -0.25) is 9.98 Å². The molecule has 1 aliphatic rings. The molecule has 68 valence electrons. The first-order chi connectivity index (χ1) is 6.92. The summed E-state index contributed by atoms with van der Waals surface area (Å²) in [6, 6.07) is 5.52. The van der Waals surface area contributed by atoms with E-state index in [1.54, 1.807) is 12.4 Å². The van der Waals surface area contributed by atoms with Crippen molar-refractivity contribution >= 4 is 11.7 Å². The van der Waals surface area contributed by atoms with Gasteiger partial charge in [0, 0.05) is 18.8 Å². The molecule has 1 aliphatic heterocycles. The summed E-state index contributed by atoms with van der Waals surface area (Å²) in [5.41, 5.74) is 1.91. The van der Waals surface area contributed by atoms with E-state index in [1.165, 1.54) is 0 Å². The van der Waals surface area contributed by atoms with Gasteiger partial charge in [0.2, 0.25) is 0 Å². The molecule has 0 fully saturated rings. The minimum Gasteiger partial charge on any atom is -0.255 e. The van der Waals surface area contributed by atoms with Crippen LogP contribution >= 0.6 is 0 Å². The zero-order valence-electron chi connectivity index (χ0n) is 7.47. The third-order valence-corrected chi connectivity index (χ3v) is 1.95. The maximum atomic E-state index is 10.6. The average Bonchev–Trinajstić information content (AvgIpc) is 2.30. The van der Waals surface area contributed by atoms with Crippen molar-refractivity contribution < 1.29 is 4.79 Å². The number of aliphatic imine (C=N–C) groups is 1. The maximum absolute atomic E-state index is 10.6. The van der Waals surface area contributed by atoms with Crippen molar-refractivity contribution in [1.82, 2.24) is 4.98 Å². The average molecular weight is 184 g/mol. The molecule has 0 spiro atoms.